The molecule has 5 nitrogen and oxygen atoms in total. The average molecular weight is 315 g/mol. The molecule has 1 aromatic rings. The second kappa shape index (κ2) is 6.76. The van der Waals surface area contributed by atoms with Crippen LogP contribution in [-0.2, 0) is 11.3 Å². The molecule has 0 spiro atoms. The van der Waals surface area contributed by atoms with Crippen LogP contribution in [-0.4, -0.2) is 28.9 Å². The first-order chi connectivity index (χ1) is 11.1. The molecule has 2 aliphatic carbocycles. The highest BCUT2D eigenvalue weighted by molar-refractivity contribution is 5.79. The maximum atomic E-state index is 12.5. The molecule has 1 heterocycles. The Morgan fingerprint density at radius 3 is 2.74 bits per heavy atom. The van der Waals surface area contributed by atoms with Gasteiger partial charge in [0.05, 0.1) is 25.4 Å². The molecule has 1 N–H and O–H groups in total. The van der Waals surface area contributed by atoms with Gasteiger partial charge in [-0.1, -0.05) is 12.8 Å². The molecule has 1 aromatic heterocycles. The zero-order valence-electron chi connectivity index (χ0n) is 13.8. The van der Waals surface area contributed by atoms with Crippen molar-refractivity contribution in [3.05, 3.63) is 24.2 Å². The molecule has 0 radical (unpaired) electrons. The van der Waals surface area contributed by atoms with E-state index in [0.29, 0.717) is 25.0 Å². The van der Waals surface area contributed by atoms with Crippen molar-refractivity contribution in [1.29, 1.82) is 5.26 Å². The molecule has 124 valence electrons. The minimum absolute atomic E-state index is 0.0561. The Morgan fingerprint density at radius 2 is 2.17 bits per heavy atom. The zero-order valence-corrected chi connectivity index (χ0v) is 13.8. The van der Waals surface area contributed by atoms with E-state index in [1.54, 1.807) is 6.26 Å². The van der Waals surface area contributed by atoms with E-state index in [-0.39, 0.29) is 5.91 Å². The Bertz CT molecular complexity index is 568. The van der Waals surface area contributed by atoms with Crippen LogP contribution >= 0.6 is 0 Å². The lowest BCUT2D eigenvalue weighted by atomic mass is 9.98. The predicted molar refractivity (Wildman–Crippen MR) is 86.3 cm³/mol. The molecule has 2 fully saturated rings. The van der Waals surface area contributed by atoms with Crippen molar-refractivity contribution in [1.82, 2.24) is 10.2 Å². The lowest BCUT2D eigenvalue weighted by Gasteiger charge is -2.29. The van der Waals surface area contributed by atoms with Crippen LogP contribution in [0.2, 0.25) is 0 Å². The topological polar surface area (TPSA) is 69.3 Å². The van der Waals surface area contributed by atoms with Crippen molar-refractivity contribution in [2.75, 3.05) is 6.54 Å². The van der Waals surface area contributed by atoms with Crippen LogP contribution in [0.15, 0.2) is 22.8 Å². The molecule has 3 rings (SSSR count). The van der Waals surface area contributed by atoms with Gasteiger partial charge in [-0.15, -0.1) is 0 Å². The third kappa shape index (κ3) is 3.94. The summed E-state index contributed by atoms with van der Waals surface area (Å²) in [6, 6.07) is 6.55. The maximum Gasteiger partial charge on any atom is 0.235 e. The number of furan rings is 1. The first-order valence-corrected chi connectivity index (χ1v) is 8.59. The number of nitriles is 1. The number of nitrogens with one attached hydrogen (secondary N) is 1. The molecule has 0 unspecified atom stereocenters. The van der Waals surface area contributed by atoms with Crippen LogP contribution < -0.4 is 5.32 Å². The molecule has 0 aromatic carbocycles. The van der Waals surface area contributed by atoms with Crippen molar-refractivity contribution in [2.45, 2.75) is 63.6 Å². The van der Waals surface area contributed by atoms with Crippen LogP contribution in [0.5, 0.6) is 0 Å². The quantitative estimate of drug-likeness (QED) is 0.840. The summed E-state index contributed by atoms with van der Waals surface area (Å²) in [6.07, 6.45) is 8.43. The highest BCUT2D eigenvalue weighted by atomic mass is 16.3. The van der Waals surface area contributed by atoms with E-state index >= 15 is 0 Å². The Morgan fingerprint density at radius 1 is 1.43 bits per heavy atom. The molecular formula is C18H25N3O2. The molecule has 1 atom stereocenters. The van der Waals surface area contributed by atoms with Crippen LogP contribution in [0, 0.1) is 17.2 Å². The van der Waals surface area contributed by atoms with E-state index in [0.717, 1.165) is 31.4 Å². The summed E-state index contributed by atoms with van der Waals surface area (Å²) in [4.78, 5) is 14.7. The van der Waals surface area contributed by atoms with E-state index in [1.807, 2.05) is 19.1 Å². The largest absolute Gasteiger partial charge is 0.468 e. The number of hydrogen-bond acceptors (Lipinski definition) is 4. The molecule has 5 heteroatoms. The van der Waals surface area contributed by atoms with Crippen LogP contribution in [0.4, 0.5) is 0 Å². The van der Waals surface area contributed by atoms with Gasteiger partial charge in [0.15, 0.2) is 0 Å². The Hall–Kier alpha value is -1.80. The van der Waals surface area contributed by atoms with E-state index in [9.17, 15) is 10.1 Å². The molecule has 23 heavy (non-hydrogen) atoms. The SMILES string of the molecule is C[C@](C#N)(NC(=O)CN(Cc1ccco1)C1CCCC1)C1CC1. The van der Waals surface area contributed by atoms with Crippen molar-refractivity contribution >= 4 is 5.91 Å². The molecule has 0 aliphatic heterocycles. The van der Waals surface area contributed by atoms with E-state index in [2.05, 4.69) is 16.3 Å². The lowest BCUT2D eigenvalue weighted by Crippen LogP contribution is -2.51. The van der Waals surface area contributed by atoms with Gasteiger partial charge in [0, 0.05) is 6.04 Å². The second-order valence-electron chi connectivity index (χ2n) is 7.06. The van der Waals surface area contributed by atoms with Gasteiger partial charge in [-0.2, -0.15) is 5.26 Å². The van der Waals surface area contributed by atoms with Gasteiger partial charge in [0.1, 0.15) is 11.3 Å². The molecule has 2 saturated carbocycles. The maximum absolute atomic E-state index is 12.5. The summed E-state index contributed by atoms with van der Waals surface area (Å²) in [6.45, 7) is 2.82. The first kappa shape index (κ1) is 16.1. The third-order valence-corrected chi connectivity index (χ3v) is 5.15. The van der Waals surface area contributed by atoms with Crippen molar-refractivity contribution in [3.8, 4) is 6.07 Å². The first-order valence-electron chi connectivity index (χ1n) is 8.59. The van der Waals surface area contributed by atoms with Gasteiger partial charge in [-0.05, 0) is 50.7 Å². The molecule has 0 saturated heterocycles. The number of nitrogens with zero attached hydrogens (tertiary/aromatic N) is 2. The molecular weight excluding hydrogens is 290 g/mol. The Kier molecular flexibility index (Phi) is 4.72. The van der Waals surface area contributed by atoms with Gasteiger partial charge < -0.3 is 9.73 Å². The summed E-state index contributed by atoms with van der Waals surface area (Å²) in [5.41, 5.74) is -0.719. The van der Waals surface area contributed by atoms with Crippen LogP contribution in [0.3, 0.4) is 0 Å². The van der Waals surface area contributed by atoms with Gasteiger partial charge in [0.2, 0.25) is 5.91 Å². The van der Waals surface area contributed by atoms with Crippen molar-refractivity contribution in [3.63, 3.8) is 0 Å². The van der Waals surface area contributed by atoms with Gasteiger partial charge in [-0.3, -0.25) is 9.69 Å². The fraction of sp³-hybridized carbons (Fsp3) is 0.667. The number of carbonyl (C=O) groups excluding carboxylic acids is 1. The number of carbonyl (C=O) groups is 1. The minimum atomic E-state index is -0.719. The second-order valence-corrected chi connectivity index (χ2v) is 7.06. The molecule has 0 bridgehead atoms. The molecule has 1 amide bonds. The van der Waals surface area contributed by atoms with E-state index < -0.39 is 5.54 Å². The Labute approximate surface area is 137 Å². The third-order valence-electron chi connectivity index (χ3n) is 5.15. The standard InChI is InChI=1S/C18H25N3O2/c1-18(13-19,14-8-9-14)20-17(22)12-21(15-5-2-3-6-15)11-16-7-4-10-23-16/h4,7,10,14-15H,2-3,5-6,8-9,11-12H2,1H3,(H,20,22)/t18-/m1/s1. The smallest absolute Gasteiger partial charge is 0.235 e. The summed E-state index contributed by atoms with van der Waals surface area (Å²) in [5, 5.41) is 12.4. The summed E-state index contributed by atoms with van der Waals surface area (Å²) >= 11 is 0. The normalized spacial score (nSPS) is 21.1. The number of rotatable bonds is 7. The Balaban J connectivity index is 1.62. The van der Waals surface area contributed by atoms with E-state index in [4.69, 9.17) is 4.42 Å². The van der Waals surface area contributed by atoms with E-state index in [1.165, 1.54) is 12.8 Å². The minimum Gasteiger partial charge on any atom is -0.468 e. The summed E-state index contributed by atoms with van der Waals surface area (Å²) in [7, 11) is 0. The van der Waals surface area contributed by atoms with Crippen LogP contribution in [0.1, 0.15) is 51.2 Å². The van der Waals surface area contributed by atoms with Crippen molar-refractivity contribution in [2.24, 2.45) is 5.92 Å². The van der Waals surface area contributed by atoms with Gasteiger partial charge in [-0.25, -0.2) is 0 Å². The fourth-order valence-corrected chi connectivity index (χ4v) is 3.58. The monoisotopic (exact) mass is 315 g/mol. The average Bonchev–Trinajstić information content (AvgIpc) is 3.03. The number of amides is 1. The summed E-state index contributed by atoms with van der Waals surface area (Å²) in [5.74, 6) is 1.13. The van der Waals surface area contributed by atoms with Gasteiger partial charge >= 0.3 is 0 Å². The van der Waals surface area contributed by atoms with Crippen molar-refractivity contribution < 1.29 is 9.21 Å². The number of hydrogen-bond donors (Lipinski definition) is 1. The molecule has 2 aliphatic rings. The summed E-state index contributed by atoms with van der Waals surface area (Å²) < 4.78 is 5.45. The highest BCUT2D eigenvalue weighted by Gasteiger charge is 2.43. The predicted octanol–water partition coefficient (Wildman–Crippen LogP) is 2.83. The van der Waals surface area contributed by atoms with Crippen LogP contribution in [0.25, 0.3) is 0 Å². The zero-order chi connectivity index (χ0) is 16.3. The fourth-order valence-electron chi connectivity index (χ4n) is 3.58. The van der Waals surface area contributed by atoms with Gasteiger partial charge in [0.25, 0.3) is 0 Å². The highest BCUT2D eigenvalue weighted by Crippen LogP contribution is 2.39. The lowest BCUT2D eigenvalue weighted by molar-refractivity contribution is -0.124.